The number of carbonyl (C=O) groups excluding carboxylic acids is 1. The monoisotopic (exact) mass is 413 g/mol. The number of rotatable bonds is 6. The van der Waals surface area contributed by atoms with Gasteiger partial charge in [-0.25, -0.2) is 9.37 Å². The van der Waals surface area contributed by atoms with E-state index in [-0.39, 0.29) is 30.4 Å². The maximum Gasteiger partial charge on any atom is 0.258 e. The Hall–Kier alpha value is -4.06. The molecule has 4 aromatic rings. The first-order chi connectivity index (χ1) is 15.1. The van der Waals surface area contributed by atoms with Crippen molar-refractivity contribution in [2.75, 3.05) is 0 Å². The summed E-state index contributed by atoms with van der Waals surface area (Å²) in [7, 11) is 0. The van der Waals surface area contributed by atoms with Crippen molar-refractivity contribution in [2.24, 2.45) is 0 Å². The highest BCUT2D eigenvalue weighted by atomic mass is 19.1. The van der Waals surface area contributed by atoms with Crippen molar-refractivity contribution in [1.29, 1.82) is 0 Å². The van der Waals surface area contributed by atoms with Gasteiger partial charge in [-0.2, -0.15) is 0 Å². The van der Waals surface area contributed by atoms with E-state index in [1.165, 1.54) is 18.2 Å². The average Bonchev–Trinajstić information content (AvgIpc) is 2.79. The third kappa shape index (κ3) is 5.11. The molecule has 1 N–H and O–H groups in total. The van der Waals surface area contributed by atoms with Crippen molar-refractivity contribution in [3.63, 3.8) is 0 Å². The Morgan fingerprint density at radius 3 is 2.42 bits per heavy atom. The van der Waals surface area contributed by atoms with Crippen LogP contribution in [0.5, 0.6) is 0 Å². The van der Waals surface area contributed by atoms with E-state index in [9.17, 15) is 14.0 Å². The molecule has 0 radical (unpaired) electrons. The largest absolute Gasteiger partial charge is 0.327 e. The normalized spacial score (nSPS) is 11.1. The summed E-state index contributed by atoms with van der Waals surface area (Å²) in [6, 6.07) is 22.5. The first-order valence-electron chi connectivity index (χ1n) is 9.83. The number of hydrogen-bond acceptors (Lipinski definition) is 3. The first-order valence-corrected chi connectivity index (χ1v) is 9.83. The van der Waals surface area contributed by atoms with E-state index in [1.807, 2.05) is 36.4 Å². The van der Waals surface area contributed by atoms with Gasteiger partial charge in [-0.05, 0) is 41.5 Å². The summed E-state index contributed by atoms with van der Waals surface area (Å²) in [5.74, 6) is -0.206. The number of aromatic nitrogens is 2. The lowest BCUT2D eigenvalue weighted by atomic mass is 10.2. The predicted octanol–water partition coefficient (Wildman–Crippen LogP) is 4.30. The maximum atomic E-state index is 13.3. The molecular formula is C25H20FN3O2. The number of aromatic amines is 1. The van der Waals surface area contributed by atoms with Gasteiger partial charge in [0.15, 0.2) is 0 Å². The minimum atomic E-state index is -0.342. The standard InChI is InChI=1S/C25H20FN3O2/c26-20-13-10-19(11-14-20)16-29(24(30)15-12-18-6-2-1-3-7-18)17-23-27-22-9-5-4-8-21(22)25(31)28-23/h1-15H,16-17H2,(H,27,28,31). The number of carbonyl (C=O) groups is 1. The Morgan fingerprint density at radius 1 is 0.935 bits per heavy atom. The smallest absolute Gasteiger partial charge is 0.258 e. The lowest BCUT2D eigenvalue weighted by molar-refractivity contribution is -0.127. The van der Waals surface area contributed by atoms with Crippen LogP contribution in [0.25, 0.3) is 17.0 Å². The van der Waals surface area contributed by atoms with Gasteiger partial charge in [0.25, 0.3) is 5.56 Å². The summed E-state index contributed by atoms with van der Waals surface area (Å²) < 4.78 is 13.3. The van der Waals surface area contributed by atoms with Gasteiger partial charge in [0.05, 0.1) is 17.4 Å². The zero-order chi connectivity index (χ0) is 21.6. The minimum Gasteiger partial charge on any atom is -0.327 e. The Balaban J connectivity index is 1.63. The number of para-hydroxylation sites is 1. The molecule has 0 fully saturated rings. The van der Waals surface area contributed by atoms with E-state index in [0.29, 0.717) is 16.7 Å². The zero-order valence-corrected chi connectivity index (χ0v) is 16.7. The fraction of sp³-hybridized carbons (Fsp3) is 0.0800. The summed E-state index contributed by atoms with van der Waals surface area (Å²) in [6.07, 6.45) is 3.22. The molecule has 1 amide bonds. The molecule has 0 aliphatic carbocycles. The zero-order valence-electron chi connectivity index (χ0n) is 16.7. The van der Waals surface area contributed by atoms with Gasteiger partial charge in [0.1, 0.15) is 11.6 Å². The van der Waals surface area contributed by atoms with Gasteiger partial charge in [-0.3, -0.25) is 9.59 Å². The molecule has 4 rings (SSSR count). The van der Waals surface area contributed by atoms with E-state index in [4.69, 9.17) is 0 Å². The molecule has 154 valence electrons. The topological polar surface area (TPSA) is 66.1 Å². The molecule has 1 aromatic heterocycles. The van der Waals surface area contributed by atoms with Crippen LogP contribution in [-0.4, -0.2) is 20.8 Å². The number of nitrogens with one attached hydrogen (secondary N) is 1. The Labute approximate surface area is 178 Å². The summed E-state index contributed by atoms with van der Waals surface area (Å²) >= 11 is 0. The number of nitrogens with zero attached hydrogens (tertiary/aromatic N) is 2. The lowest BCUT2D eigenvalue weighted by Crippen LogP contribution is -2.30. The van der Waals surface area contributed by atoms with Crippen LogP contribution in [-0.2, 0) is 17.9 Å². The summed E-state index contributed by atoms with van der Waals surface area (Å²) in [5, 5.41) is 0.492. The molecule has 5 nitrogen and oxygen atoms in total. The molecule has 0 saturated carbocycles. The predicted molar refractivity (Wildman–Crippen MR) is 118 cm³/mol. The van der Waals surface area contributed by atoms with E-state index >= 15 is 0 Å². The van der Waals surface area contributed by atoms with Crippen LogP contribution in [0.4, 0.5) is 4.39 Å². The van der Waals surface area contributed by atoms with E-state index in [0.717, 1.165) is 11.1 Å². The highest BCUT2D eigenvalue weighted by Gasteiger charge is 2.15. The van der Waals surface area contributed by atoms with Gasteiger partial charge >= 0.3 is 0 Å². The fourth-order valence-electron chi connectivity index (χ4n) is 3.25. The molecule has 3 aromatic carbocycles. The molecule has 6 heteroatoms. The first kappa shape index (κ1) is 20.2. The van der Waals surface area contributed by atoms with Crippen LogP contribution < -0.4 is 5.56 Å². The molecule has 0 saturated heterocycles. The van der Waals surface area contributed by atoms with Crippen LogP contribution in [0.2, 0.25) is 0 Å². The van der Waals surface area contributed by atoms with Crippen molar-refractivity contribution in [3.8, 4) is 0 Å². The molecule has 0 spiro atoms. The van der Waals surface area contributed by atoms with Crippen LogP contribution >= 0.6 is 0 Å². The van der Waals surface area contributed by atoms with Crippen molar-refractivity contribution in [2.45, 2.75) is 13.1 Å². The molecule has 0 aliphatic heterocycles. The second kappa shape index (κ2) is 9.17. The number of amides is 1. The van der Waals surface area contributed by atoms with E-state index in [2.05, 4.69) is 9.97 Å². The van der Waals surface area contributed by atoms with Gasteiger partial charge in [-0.15, -0.1) is 0 Å². The molecule has 0 aliphatic rings. The van der Waals surface area contributed by atoms with Crippen molar-refractivity contribution in [3.05, 3.63) is 118 Å². The van der Waals surface area contributed by atoms with Crippen LogP contribution in [0.1, 0.15) is 17.0 Å². The van der Waals surface area contributed by atoms with Crippen LogP contribution in [0.3, 0.4) is 0 Å². The van der Waals surface area contributed by atoms with Gasteiger partial charge in [0.2, 0.25) is 5.91 Å². The highest BCUT2D eigenvalue weighted by Crippen LogP contribution is 2.12. The lowest BCUT2D eigenvalue weighted by Gasteiger charge is -2.21. The summed E-state index contributed by atoms with van der Waals surface area (Å²) in [4.78, 5) is 34.2. The van der Waals surface area contributed by atoms with Gasteiger partial charge in [-0.1, -0.05) is 54.6 Å². The Kier molecular flexibility index (Phi) is 5.98. The Morgan fingerprint density at radius 2 is 1.65 bits per heavy atom. The molecule has 31 heavy (non-hydrogen) atoms. The van der Waals surface area contributed by atoms with Gasteiger partial charge in [0, 0.05) is 12.6 Å². The quantitative estimate of drug-likeness (QED) is 0.479. The van der Waals surface area contributed by atoms with E-state index in [1.54, 1.807) is 41.3 Å². The van der Waals surface area contributed by atoms with Crippen molar-refractivity contribution in [1.82, 2.24) is 14.9 Å². The van der Waals surface area contributed by atoms with Crippen molar-refractivity contribution >= 4 is 22.9 Å². The number of H-pyrrole nitrogens is 1. The van der Waals surface area contributed by atoms with Crippen LogP contribution in [0, 0.1) is 5.82 Å². The van der Waals surface area contributed by atoms with Crippen molar-refractivity contribution < 1.29 is 9.18 Å². The third-order valence-electron chi connectivity index (χ3n) is 4.82. The second-order valence-corrected chi connectivity index (χ2v) is 7.09. The summed E-state index contributed by atoms with van der Waals surface area (Å²) in [6.45, 7) is 0.351. The number of benzene rings is 3. The van der Waals surface area contributed by atoms with Crippen LogP contribution in [0.15, 0.2) is 89.7 Å². The minimum absolute atomic E-state index is 0.107. The molecular weight excluding hydrogens is 393 g/mol. The number of hydrogen-bond donors (Lipinski definition) is 1. The highest BCUT2D eigenvalue weighted by molar-refractivity contribution is 5.91. The maximum absolute atomic E-state index is 13.3. The number of halogens is 1. The molecule has 1 heterocycles. The van der Waals surface area contributed by atoms with E-state index < -0.39 is 0 Å². The third-order valence-corrected chi connectivity index (χ3v) is 4.82. The molecule has 0 unspecified atom stereocenters. The average molecular weight is 413 g/mol. The number of fused-ring (bicyclic) bond motifs is 1. The SMILES string of the molecule is O=C(C=Cc1ccccc1)N(Cc1ccc(F)cc1)Cc1nc2ccccc2c(=O)[nH]1. The van der Waals surface area contributed by atoms with Gasteiger partial charge < -0.3 is 9.88 Å². The molecule has 0 atom stereocenters. The fourth-order valence-corrected chi connectivity index (χ4v) is 3.25. The Bertz CT molecular complexity index is 1280. The molecule has 0 bridgehead atoms. The summed E-state index contributed by atoms with van der Waals surface area (Å²) in [5.41, 5.74) is 1.98. The second-order valence-electron chi connectivity index (χ2n) is 7.09.